The van der Waals surface area contributed by atoms with E-state index in [0.717, 1.165) is 32.7 Å². The Labute approximate surface area is 127 Å². The highest BCUT2D eigenvalue weighted by Crippen LogP contribution is 2.18. The summed E-state index contributed by atoms with van der Waals surface area (Å²) in [5.74, 6) is 0. The summed E-state index contributed by atoms with van der Waals surface area (Å²) in [6, 6.07) is 8.88. The summed E-state index contributed by atoms with van der Waals surface area (Å²) >= 11 is 0. The fraction of sp³-hybridized carbons (Fsp3) is 0.529. The molecule has 1 heterocycles. The summed E-state index contributed by atoms with van der Waals surface area (Å²) in [5, 5.41) is 4.67. The zero-order chi connectivity index (χ0) is 14.9. The molecule has 1 N–H and O–H groups in total. The summed E-state index contributed by atoms with van der Waals surface area (Å²) in [6.07, 6.45) is 3.18. The number of benzene rings is 1. The van der Waals surface area contributed by atoms with Gasteiger partial charge < -0.3 is 19.4 Å². The molecule has 4 heteroatoms. The van der Waals surface area contributed by atoms with E-state index in [-0.39, 0.29) is 0 Å². The van der Waals surface area contributed by atoms with Gasteiger partial charge in [0.25, 0.3) is 0 Å². The lowest BCUT2D eigenvalue weighted by atomic mass is 10.1. The van der Waals surface area contributed by atoms with E-state index in [9.17, 15) is 0 Å². The van der Waals surface area contributed by atoms with Crippen molar-refractivity contribution >= 4 is 10.9 Å². The molecule has 0 aliphatic carbocycles. The van der Waals surface area contributed by atoms with Crippen LogP contribution in [-0.4, -0.2) is 38.0 Å². The largest absolute Gasteiger partial charge is 0.382 e. The Balaban J connectivity index is 1.86. The first kappa shape index (κ1) is 16.0. The summed E-state index contributed by atoms with van der Waals surface area (Å²) in [6.45, 7) is 7.18. The zero-order valence-electron chi connectivity index (χ0n) is 13.1. The van der Waals surface area contributed by atoms with Crippen molar-refractivity contribution in [2.75, 3.05) is 33.5 Å². The Hall–Kier alpha value is -1.36. The molecule has 0 atom stereocenters. The standard InChI is InChI=1S/C17H26N2O2/c1-3-18-14-15-5-6-17-16(13-15)7-9-19(17)8-4-10-21-12-11-20-2/h5-7,9,13,18H,3-4,8,10-12,14H2,1-2H3. The second-order valence-electron chi connectivity index (χ2n) is 5.14. The van der Waals surface area contributed by atoms with Crippen LogP contribution in [0.2, 0.25) is 0 Å². The molecule has 116 valence electrons. The molecule has 0 saturated carbocycles. The van der Waals surface area contributed by atoms with Crippen molar-refractivity contribution in [1.29, 1.82) is 0 Å². The van der Waals surface area contributed by atoms with Crippen molar-refractivity contribution in [2.45, 2.75) is 26.4 Å². The van der Waals surface area contributed by atoms with Gasteiger partial charge in [0, 0.05) is 38.5 Å². The molecule has 1 aromatic carbocycles. The topological polar surface area (TPSA) is 35.4 Å². The van der Waals surface area contributed by atoms with Crippen LogP contribution in [0.1, 0.15) is 18.9 Å². The van der Waals surface area contributed by atoms with Gasteiger partial charge in [0.1, 0.15) is 0 Å². The lowest BCUT2D eigenvalue weighted by Crippen LogP contribution is -2.11. The molecule has 0 spiro atoms. The van der Waals surface area contributed by atoms with Gasteiger partial charge in [-0.2, -0.15) is 0 Å². The van der Waals surface area contributed by atoms with Crippen molar-refractivity contribution in [3.05, 3.63) is 36.0 Å². The van der Waals surface area contributed by atoms with E-state index in [4.69, 9.17) is 9.47 Å². The van der Waals surface area contributed by atoms with Crippen molar-refractivity contribution in [1.82, 2.24) is 9.88 Å². The molecule has 0 saturated heterocycles. The molecule has 0 fully saturated rings. The van der Waals surface area contributed by atoms with Gasteiger partial charge in [-0.25, -0.2) is 0 Å². The Morgan fingerprint density at radius 3 is 2.86 bits per heavy atom. The molecule has 0 aliphatic heterocycles. The Morgan fingerprint density at radius 2 is 2.05 bits per heavy atom. The number of hydrogen-bond acceptors (Lipinski definition) is 3. The van der Waals surface area contributed by atoms with Crippen molar-refractivity contribution < 1.29 is 9.47 Å². The van der Waals surface area contributed by atoms with Crippen molar-refractivity contribution in [3.8, 4) is 0 Å². The average molecular weight is 290 g/mol. The molecule has 2 aromatic rings. The molecule has 0 bridgehead atoms. The Morgan fingerprint density at radius 1 is 1.14 bits per heavy atom. The molecular formula is C17H26N2O2. The Bertz CT molecular complexity index is 537. The van der Waals surface area contributed by atoms with Gasteiger partial charge in [0.05, 0.1) is 13.2 Å². The van der Waals surface area contributed by atoms with Gasteiger partial charge in [-0.05, 0) is 42.1 Å². The van der Waals surface area contributed by atoms with E-state index in [1.54, 1.807) is 7.11 Å². The minimum Gasteiger partial charge on any atom is -0.382 e. The van der Waals surface area contributed by atoms with Gasteiger partial charge in [0.15, 0.2) is 0 Å². The fourth-order valence-electron chi connectivity index (χ4n) is 2.41. The maximum atomic E-state index is 5.50. The van der Waals surface area contributed by atoms with E-state index < -0.39 is 0 Å². The molecule has 2 rings (SSSR count). The Kier molecular flexibility index (Phi) is 6.73. The third-order valence-corrected chi connectivity index (χ3v) is 3.53. The van der Waals surface area contributed by atoms with E-state index in [0.29, 0.717) is 13.2 Å². The number of aryl methyl sites for hydroxylation is 1. The summed E-state index contributed by atoms with van der Waals surface area (Å²) in [4.78, 5) is 0. The molecule has 4 nitrogen and oxygen atoms in total. The highest BCUT2D eigenvalue weighted by molar-refractivity contribution is 5.80. The quantitative estimate of drug-likeness (QED) is 0.683. The van der Waals surface area contributed by atoms with Crippen molar-refractivity contribution in [2.24, 2.45) is 0 Å². The van der Waals surface area contributed by atoms with Gasteiger partial charge in [-0.15, -0.1) is 0 Å². The maximum absolute atomic E-state index is 5.50. The number of nitrogens with zero attached hydrogens (tertiary/aromatic N) is 1. The highest BCUT2D eigenvalue weighted by Gasteiger charge is 2.02. The van der Waals surface area contributed by atoms with Gasteiger partial charge in [0.2, 0.25) is 0 Å². The van der Waals surface area contributed by atoms with Crippen LogP contribution in [0.15, 0.2) is 30.5 Å². The number of methoxy groups -OCH3 is 1. The minimum absolute atomic E-state index is 0.668. The van der Waals surface area contributed by atoms with Crippen LogP contribution in [0.4, 0.5) is 0 Å². The lowest BCUT2D eigenvalue weighted by Gasteiger charge is -2.07. The molecule has 0 aliphatic rings. The van der Waals surface area contributed by atoms with Crippen LogP contribution in [0.3, 0.4) is 0 Å². The van der Waals surface area contributed by atoms with Gasteiger partial charge >= 0.3 is 0 Å². The normalized spacial score (nSPS) is 11.3. The number of ether oxygens (including phenoxy) is 2. The van der Waals surface area contributed by atoms with E-state index >= 15 is 0 Å². The van der Waals surface area contributed by atoms with E-state index in [1.165, 1.54) is 16.5 Å². The zero-order valence-corrected chi connectivity index (χ0v) is 13.1. The monoisotopic (exact) mass is 290 g/mol. The third kappa shape index (κ3) is 4.84. The SMILES string of the molecule is CCNCc1ccc2c(ccn2CCCOCCOC)c1. The van der Waals surface area contributed by atoms with Gasteiger partial charge in [-0.3, -0.25) is 0 Å². The number of nitrogens with one attached hydrogen (secondary N) is 1. The first-order chi connectivity index (χ1) is 10.3. The summed E-state index contributed by atoms with van der Waals surface area (Å²) in [5.41, 5.74) is 2.64. The first-order valence-corrected chi connectivity index (χ1v) is 7.70. The molecule has 0 unspecified atom stereocenters. The number of fused-ring (bicyclic) bond motifs is 1. The van der Waals surface area contributed by atoms with Crippen LogP contribution in [0.5, 0.6) is 0 Å². The number of rotatable bonds is 10. The number of hydrogen-bond donors (Lipinski definition) is 1. The van der Waals surface area contributed by atoms with E-state index in [1.807, 2.05) is 0 Å². The first-order valence-electron chi connectivity index (χ1n) is 7.70. The fourth-order valence-corrected chi connectivity index (χ4v) is 2.41. The third-order valence-electron chi connectivity index (χ3n) is 3.53. The average Bonchev–Trinajstić information content (AvgIpc) is 2.91. The minimum atomic E-state index is 0.668. The summed E-state index contributed by atoms with van der Waals surface area (Å²) < 4.78 is 12.8. The molecule has 21 heavy (non-hydrogen) atoms. The van der Waals surface area contributed by atoms with Crippen LogP contribution in [0, 0.1) is 0 Å². The predicted octanol–water partition coefficient (Wildman–Crippen LogP) is 2.80. The smallest absolute Gasteiger partial charge is 0.0700 e. The van der Waals surface area contributed by atoms with Crippen LogP contribution in [0.25, 0.3) is 10.9 Å². The predicted molar refractivity (Wildman–Crippen MR) is 86.6 cm³/mol. The second-order valence-corrected chi connectivity index (χ2v) is 5.14. The van der Waals surface area contributed by atoms with E-state index in [2.05, 4.69) is 47.3 Å². The van der Waals surface area contributed by atoms with Crippen LogP contribution < -0.4 is 5.32 Å². The lowest BCUT2D eigenvalue weighted by molar-refractivity contribution is 0.0681. The van der Waals surface area contributed by atoms with Crippen LogP contribution in [-0.2, 0) is 22.6 Å². The maximum Gasteiger partial charge on any atom is 0.0700 e. The molecule has 1 aromatic heterocycles. The highest BCUT2D eigenvalue weighted by atomic mass is 16.5. The number of aromatic nitrogens is 1. The summed E-state index contributed by atoms with van der Waals surface area (Å²) in [7, 11) is 1.69. The molecular weight excluding hydrogens is 264 g/mol. The van der Waals surface area contributed by atoms with Gasteiger partial charge in [-0.1, -0.05) is 13.0 Å². The molecule has 0 amide bonds. The van der Waals surface area contributed by atoms with Crippen LogP contribution >= 0.6 is 0 Å². The second kappa shape index (κ2) is 8.82. The molecule has 0 radical (unpaired) electrons. The van der Waals surface area contributed by atoms with Crippen molar-refractivity contribution in [3.63, 3.8) is 0 Å².